The molecule has 1 unspecified atom stereocenters. The highest BCUT2D eigenvalue weighted by Gasteiger charge is 2.25. The number of aryl methyl sites for hydroxylation is 1. The fraction of sp³-hybridized carbons (Fsp3) is 0.500. The molecule has 0 radical (unpaired) electrons. The van der Waals surface area contributed by atoms with Gasteiger partial charge in [0.25, 0.3) is 0 Å². The summed E-state index contributed by atoms with van der Waals surface area (Å²) in [5.74, 6) is 0.288. The lowest BCUT2D eigenvalue weighted by Crippen LogP contribution is -2.32. The summed E-state index contributed by atoms with van der Waals surface area (Å²) in [5.41, 5.74) is 2.60. The Morgan fingerprint density at radius 3 is 3.06 bits per heavy atom. The van der Waals surface area contributed by atoms with Gasteiger partial charge in [0.15, 0.2) is 0 Å². The van der Waals surface area contributed by atoms with Crippen molar-refractivity contribution in [3.8, 4) is 0 Å². The van der Waals surface area contributed by atoms with Crippen molar-refractivity contribution >= 4 is 28.5 Å². The monoisotopic (exact) mass is 343 g/mol. The molecule has 0 bridgehead atoms. The fourth-order valence-corrected chi connectivity index (χ4v) is 2.81. The predicted molar refractivity (Wildman–Crippen MR) is 78.6 cm³/mol. The number of hydrogen-bond donors (Lipinski definition) is 1. The topological polar surface area (TPSA) is 29.1 Å². The maximum absolute atomic E-state index is 12.1. The number of nitrogens with one attached hydrogen (secondary N) is 1. The largest absolute Gasteiger partial charge is 0.356 e. The Morgan fingerprint density at radius 1 is 1.41 bits per heavy atom. The van der Waals surface area contributed by atoms with Crippen LogP contribution in [0.2, 0.25) is 0 Å². The van der Waals surface area contributed by atoms with Crippen LogP contribution >= 0.6 is 22.6 Å². The molecule has 1 N–H and O–H groups in total. The zero-order valence-electron chi connectivity index (χ0n) is 9.92. The Morgan fingerprint density at radius 2 is 2.24 bits per heavy atom. The smallest absolute Gasteiger partial charge is 0.227 e. The van der Waals surface area contributed by atoms with Crippen LogP contribution in [0.5, 0.6) is 0 Å². The van der Waals surface area contributed by atoms with Gasteiger partial charge in [0.1, 0.15) is 0 Å². The van der Waals surface area contributed by atoms with Crippen molar-refractivity contribution in [2.75, 3.05) is 11.0 Å². The van der Waals surface area contributed by atoms with Gasteiger partial charge in [-0.2, -0.15) is 0 Å². The average molecular weight is 343 g/mol. The predicted octanol–water partition coefficient (Wildman–Crippen LogP) is 3.05. The molecule has 17 heavy (non-hydrogen) atoms. The van der Waals surface area contributed by atoms with E-state index in [-0.39, 0.29) is 11.8 Å². The summed E-state index contributed by atoms with van der Waals surface area (Å²) in [6.07, 6.45) is 4.29. The second-order valence-electron chi connectivity index (χ2n) is 4.48. The fourth-order valence-electron chi connectivity index (χ4n) is 2.43. The highest BCUT2D eigenvalue weighted by atomic mass is 127. The highest BCUT2D eigenvalue weighted by molar-refractivity contribution is 14.1. The van der Waals surface area contributed by atoms with Gasteiger partial charge in [-0.15, -0.1) is 0 Å². The molecular weight excluding hydrogens is 325 g/mol. The molecule has 0 heterocycles. The summed E-state index contributed by atoms with van der Waals surface area (Å²) in [6, 6.07) is 8.36. The van der Waals surface area contributed by atoms with Crippen LogP contribution < -0.4 is 5.32 Å². The van der Waals surface area contributed by atoms with Crippen LogP contribution in [0, 0.1) is 0 Å². The zero-order chi connectivity index (χ0) is 12.1. The zero-order valence-corrected chi connectivity index (χ0v) is 12.1. The van der Waals surface area contributed by atoms with Crippen LogP contribution in [0.1, 0.15) is 36.3 Å². The van der Waals surface area contributed by atoms with E-state index >= 15 is 0 Å². The minimum atomic E-state index is 0.0779. The van der Waals surface area contributed by atoms with Crippen molar-refractivity contribution in [3.63, 3.8) is 0 Å². The molecule has 1 aliphatic rings. The Bertz CT molecular complexity index is 392. The Labute approximate surface area is 116 Å². The van der Waals surface area contributed by atoms with Gasteiger partial charge < -0.3 is 5.32 Å². The van der Waals surface area contributed by atoms with Gasteiger partial charge in [0, 0.05) is 11.0 Å². The molecular formula is C14H18INO. The van der Waals surface area contributed by atoms with Gasteiger partial charge in [-0.25, -0.2) is 0 Å². The van der Waals surface area contributed by atoms with E-state index in [2.05, 4.69) is 46.1 Å². The summed E-state index contributed by atoms with van der Waals surface area (Å²) in [5, 5.41) is 3.05. The average Bonchev–Trinajstić information content (AvgIpc) is 2.38. The molecule has 1 aromatic carbocycles. The molecule has 0 fully saturated rings. The second kappa shape index (κ2) is 6.38. The van der Waals surface area contributed by atoms with Crippen LogP contribution in [-0.2, 0) is 11.2 Å². The van der Waals surface area contributed by atoms with E-state index in [4.69, 9.17) is 0 Å². The van der Waals surface area contributed by atoms with Crippen molar-refractivity contribution < 1.29 is 4.79 Å². The summed E-state index contributed by atoms with van der Waals surface area (Å²) in [7, 11) is 0. The van der Waals surface area contributed by atoms with Gasteiger partial charge in [0.05, 0.1) is 5.92 Å². The van der Waals surface area contributed by atoms with Crippen LogP contribution in [0.4, 0.5) is 0 Å². The number of alkyl halides is 1. The molecule has 0 saturated carbocycles. The van der Waals surface area contributed by atoms with Crippen LogP contribution in [-0.4, -0.2) is 16.9 Å². The van der Waals surface area contributed by atoms with E-state index in [0.717, 1.165) is 36.7 Å². The molecule has 0 spiro atoms. The van der Waals surface area contributed by atoms with Gasteiger partial charge in [-0.3, -0.25) is 4.79 Å². The van der Waals surface area contributed by atoms with Crippen molar-refractivity contribution in [2.24, 2.45) is 0 Å². The normalized spacial score (nSPS) is 18.5. The van der Waals surface area contributed by atoms with Crippen molar-refractivity contribution in [1.29, 1.82) is 0 Å². The van der Waals surface area contributed by atoms with Gasteiger partial charge in [-0.05, 0) is 36.8 Å². The standard InChI is InChI=1S/C14H18INO/c15-9-4-10-16-14(17)13-8-3-6-11-5-1-2-7-12(11)13/h1-2,5,7,13H,3-4,6,8-10H2,(H,16,17). The van der Waals surface area contributed by atoms with E-state index < -0.39 is 0 Å². The van der Waals surface area contributed by atoms with Crippen LogP contribution in [0.15, 0.2) is 24.3 Å². The SMILES string of the molecule is O=C(NCCCI)C1CCCc2ccccc21. The second-order valence-corrected chi connectivity index (χ2v) is 5.56. The Kier molecular flexibility index (Phi) is 4.83. The maximum atomic E-state index is 12.1. The van der Waals surface area contributed by atoms with Gasteiger partial charge in [-0.1, -0.05) is 46.9 Å². The van der Waals surface area contributed by atoms with Gasteiger partial charge in [0.2, 0.25) is 5.91 Å². The lowest BCUT2D eigenvalue weighted by atomic mass is 9.82. The first-order chi connectivity index (χ1) is 8.33. The van der Waals surface area contributed by atoms with E-state index in [1.54, 1.807) is 0 Å². The number of hydrogen-bond acceptors (Lipinski definition) is 1. The van der Waals surface area contributed by atoms with E-state index in [9.17, 15) is 4.79 Å². The number of rotatable bonds is 4. The molecule has 3 heteroatoms. The minimum absolute atomic E-state index is 0.0779. The molecule has 1 atom stereocenters. The third-order valence-electron chi connectivity index (χ3n) is 3.30. The van der Waals surface area contributed by atoms with Crippen molar-refractivity contribution in [1.82, 2.24) is 5.32 Å². The highest BCUT2D eigenvalue weighted by Crippen LogP contribution is 2.31. The quantitative estimate of drug-likeness (QED) is 0.508. The van der Waals surface area contributed by atoms with Crippen LogP contribution in [0.3, 0.4) is 0 Å². The Hall–Kier alpha value is -0.580. The summed E-state index contributed by atoms with van der Waals surface area (Å²) in [4.78, 5) is 12.1. The number of halogens is 1. The summed E-state index contributed by atoms with van der Waals surface area (Å²) in [6.45, 7) is 0.806. The molecule has 0 saturated heterocycles. The molecule has 2 nitrogen and oxygen atoms in total. The minimum Gasteiger partial charge on any atom is -0.356 e. The van der Waals surface area contributed by atoms with E-state index in [1.807, 2.05) is 6.07 Å². The van der Waals surface area contributed by atoms with Crippen molar-refractivity contribution in [2.45, 2.75) is 31.6 Å². The number of amides is 1. The number of benzene rings is 1. The molecule has 0 aliphatic heterocycles. The van der Waals surface area contributed by atoms with Gasteiger partial charge >= 0.3 is 0 Å². The number of carbonyl (C=O) groups is 1. The first kappa shape index (κ1) is 12.9. The molecule has 1 aromatic rings. The molecule has 2 rings (SSSR count). The number of carbonyl (C=O) groups excluding carboxylic acids is 1. The maximum Gasteiger partial charge on any atom is 0.227 e. The lowest BCUT2D eigenvalue weighted by Gasteiger charge is -2.24. The van der Waals surface area contributed by atoms with E-state index in [0.29, 0.717) is 0 Å². The van der Waals surface area contributed by atoms with Crippen LogP contribution in [0.25, 0.3) is 0 Å². The first-order valence-electron chi connectivity index (χ1n) is 6.24. The molecule has 1 amide bonds. The molecule has 1 aliphatic carbocycles. The lowest BCUT2D eigenvalue weighted by molar-refractivity contribution is -0.122. The third kappa shape index (κ3) is 3.21. The first-order valence-corrected chi connectivity index (χ1v) is 7.77. The Balaban J connectivity index is 2.05. The third-order valence-corrected chi connectivity index (χ3v) is 4.06. The number of fused-ring (bicyclic) bond motifs is 1. The van der Waals surface area contributed by atoms with Crippen molar-refractivity contribution in [3.05, 3.63) is 35.4 Å². The summed E-state index contributed by atoms with van der Waals surface area (Å²) >= 11 is 2.34. The molecule has 0 aromatic heterocycles. The van der Waals surface area contributed by atoms with E-state index in [1.165, 1.54) is 11.1 Å². The molecule has 92 valence electrons. The summed E-state index contributed by atoms with van der Waals surface area (Å²) < 4.78 is 1.10.